The number of hydrogen-bond acceptors (Lipinski definition) is 3. The molecule has 0 saturated heterocycles. The molecule has 0 amide bonds. The van der Waals surface area contributed by atoms with Gasteiger partial charge in [0.25, 0.3) is 8.32 Å². The van der Waals surface area contributed by atoms with Crippen molar-refractivity contribution < 1.29 is 14.0 Å². The summed E-state index contributed by atoms with van der Waals surface area (Å²) in [6, 6.07) is 21.3. The molecule has 0 radical (unpaired) electrons. The first kappa shape index (κ1) is 21.3. The van der Waals surface area contributed by atoms with Crippen LogP contribution < -0.4 is 10.4 Å². The second-order valence-corrected chi connectivity index (χ2v) is 12.8. The Hall–Kier alpha value is -2.43. The van der Waals surface area contributed by atoms with Gasteiger partial charge in [-0.25, -0.2) is 4.79 Å². The van der Waals surface area contributed by atoms with E-state index < -0.39 is 8.32 Å². The summed E-state index contributed by atoms with van der Waals surface area (Å²) in [6.45, 7) is 9.29. The highest BCUT2D eigenvalue weighted by molar-refractivity contribution is 6.99. The van der Waals surface area contributed by atoms with Crippen molar-refractivity contribution in [3.05, 3.63) is 84.1 Å². The van der Waals surface area contributed by atoms with Gasteiger partial charge in [0, 0.05) is 12.2 Å². The largest absolute Gasteiger partial charge is 0.424 e. The maximum atomic E-state index is 11.5. The lowest BCUT2D eigenvalue weighted by atomic mass is 10.2. The molecule has 0 aliphatic carbocycles. The Morgan fingerprint density at radius 3 is 1.97 bits per heavy atom. The first-order valence-corrected chi connectivity index (χ1v) is 12.1. The van der Waals surface area contributed by atoms with Gasteiger partial charge in [-0.05, 0) is 47.3 Å². The topological polar surface area (TPSA) is 35.5 Å². The molecule has 0 spiro atoms. The van der Waals surface area contributed by atoms with Gasteiger partial charge in [0.05, 0.1) is 0 Å². The number of esters is 1. The monoisotopic (exact) mass is 406 g/mol. The molecule has 2 aromatic carbocycles. The maximum Gasteiger partial charge on any atom is 0.339 e. The molecule has 3 rings (SSSR count). The second kappa shape index (κ2) is 8.93. The number of cyclic esters (lactones) is 1. The van der Waals surface area contributed by atoms with E-state index in [1.807, 2.05) is 6.08 Å². The minimum Gasteiger partial charge on any atom is -0.424 e. The average Bonchev–Trinajstić information content (AvgIpc) is 3.02. The van der Waals surface area contributed by atoms with Crippen LogP contribution in [0.25, 0.3) is 0 Å². The lowest BCUT2D eigenvalue weighted by Gasteiger charge is -2.43. The van der Waals surface area contributed by atoms with E-state index in [9.17, 15) is 4.79 Å². The Bertz CT molecular complexity index is 853. The molecule has 0 unspecified atom stereocenters. The summed E-state index contributed by atoms with van der Waals surface area (Å²) in [7, 11) is -2.47. The molecule has 0 bridgehead atoms. The number of benzene rings is 2. The van der Waals surface area contributed by atoms with E-state index in [4.69, 9.17) is 9.16 Å². The number of rotatable bonds is 7. The van der Waals surface area contributed by atoms with Crippen molar-refractivity contribution in [1.82, 2.24) is 0 Å². The van der Waals surface area contributed by atoms with E-state index in [0.717, 1.165) is 12.8 Å². The predicted octanol–water partition coefficient (Wildman–Crippen LogP) is 4.73. The Labute approximate surface area is 175 Å². The second-order valence-electron chi connectivity index (χ2n) is 8.48. The zero-order valence-corrected chi connectivity index (χ0v) is 18.8. The highest BCUT2D eigenvalue weighted by Crippen LogP contribution is 2.36. The standard InChI is InChI=1S/C25H30O3Si/c1-20-19-21(28-24(20)26)13-11-12-18-27-29(25(2,3)4,22-14-7-5-8-15-22)23-16-9-6-10-17-23/h5-10,13-17,19H,11-12,18H2,1-4H3/b21-13+. The Morgan fingerprint density at radius 1 is 0.966 bits per heavy atom. The van der Waals surface area contributed by atoms with Crippen LogP contribution in [-0.2, 0) is 14.0 Å². The van der Waals surface area contributed by atoms with Gasteiger partial charge >= 0.3 is 5.97 Å². The molecule has 1 aliphatic rings. The highest BCUT2D eigenvalue weighted by atomic mass is 28.4. The van der Waals surface area contributed by atoms with Gasteiger partial charge in [0.15, 0.2) is 0 Å². The summed E-state index contributed by atoms with van der Waals surface area (Å²) in [5.74, 6) is 0.401. The minimum atomic E-state index is -2.47. The van der Waals surface area contributed by atoms with E-state index >= 15 is 0 Å². The number of hydrogen-bond donors (Lipinski definition) is 0. The molecule has 29 heavy (non-hydrogen) atoms. The van der Waals surface area contributed by atoms with Crippen molar-refractivity contribution in [1.29, 1.82) is 0 Å². The fourth-order valence-corrected chi connectivity index (χ4v) is 8.51. The summed E-state index contributed by atoms with van der Waals surface area (Å²) in [6.07, 6.45) is 5.46. The molecule has 2 aromatic rings. The summed E-state index contributed by atoms with van der Waals surface area (Å²) in [5, 5.41) is 2.57. The molecule has 0 saturated carbocycles. The molecular weight excluding hydrogens is 376 g/mol. The predicted molar refractivity (Wildman–Crippen MR) is 121 cm³/mol. The van der Waals surface area contributed by atoms with Gasteiger partial charge in [0.2, 0.25) is 0 Å². The van der Waals surface area contributed by atoms with Crippen molar-refractivity contribution in [2.24, 2.45) is 0 Å². The zero-order chi connectivity index (χ0) is 20.9. The average molecular weight is 407 g/mol. The molecule has 0 fully saturated rings. The molecule has 0 atom stereocenters. The van der Waals surface area contributed by atoms with Crippen molar-refractivity contribution >= 4 is 24.7 Å². The van der Waals surface area contributed by atoms with Crippen LogP contribution >= 0.6 is 0 Å². The highest BCUT2D eigenvalue weighted by Gasteiger charge is 2.49. The van der Waals surface area contributed by atoms with Crippen LogP contribution in [0.5, 0.6) is 0 Å². The fourth-order valence-electron chi connectivity index (χ4n) is 3.90. The molecule has 3 nitrogen and oxygen atoms in total. The van der Waals surface area contributed by atoms with Gasteiger partial charge in [-0.1, -0.05) is 81.4 Å². The van der Waals surface area contributed by atoms with Crippen molar-refractivity contribution in [2.45, 2.75) is 45.6 Å². The van der Waals surface area contributed by atoms with Crippen LogP contribution in [0.4, 0.5) is 0 Å². The third-order valence-electron chi connectivity index (χ3n) is 5.32. The SMILES string of the molecule is CC1=C/C(=C\CCCO[Si](c2ccccc2)(c2ccccc2)C(C)(C)C)OC1=O. The number of carbonyl (C=O) groups is 1. The van der Waals surface area contributed by atoms with Crippen LogP contribution in [0.2, 0.25) is 5.04 Å². The van der Waals surface area contributed by atoms with Crippen LogP contribution in [-0.4, -0.2) is 20.9 Å². The Morgan fingerprint density at radius 2 is 1.52 bits per heavy atom. The Balaban J connectivity index is 1.81. The summed E-state index contributed by atoms with van der Waals surface area (Å²) in [5.41, 5.74) is 0.653. The fraction of sp³-hybridized carbons (Fsp3) is 0.320. The lowest BCUT2D eigenvalue weighted by molar-refractivity contribution is -0.133. The van der Waals surface area contributed by atoms with Gasteiger partial charge < -0.3 is 9.16 Å². The van der Waals surface area contributed by atoms with E-state index in [1.165, 1.54) is 10.4 Å². The number of ether oxygens (including phenoxy) is 1. The molecule has 0 aromatic heterocycles. The van der Waals surface area contributed by atoms with E-state index in [1.54, 1.807) is 13.0 Å². The third-order valence-corrected chi connectivity index (χ3v) is 10.4. The molecule has 4 heteroatoms. The summed E-state index contributed by atoms with van der Waals surface area (Å²) < 4.78 is 12.1. The van der Waals surface area contributed by atoms with Gasteiger partial charge in [0.1, 0.15) is 5.76 Å². The van der Waals surface area contributed by atoms with E-state index in [0.29, 0.717) is 17.9 Å². The maximum absolute atomic E-state index is 11.5. The van der Waals surface area contributed by atoms with E-state index in [-0.39, 0.29) is 11.0 Å². The molecule has 0 N–H and O–H groups in total. The number of unbranched alkanes of at least 4 members (excludes halogenated alkanes) is 1. The number of carbonyl (C=O) groups excluding carboxylic acids is 1. The van der Waals surface area contributed by atoms with Gasteiger partial charge in [-0.3, -0.25) is 0 Å². The summed E-state index contributed by atoms with van der Waals surface area (Å²) in [4.78, 5) is 11.5. The number of allylic oxidation sites excluding steroid dienone is 2. The van der Waals surface area contributed by atoms with Crippen molar-refractivity contribution in [2.75, 3.05) is 6.61 Å². The van der Waals surface area contributed by atoms with E-state index in [2.05, 4.69) is 81.4 Å². The van der Waals surface area contributed by atoms with Crippen molar-refractivity contribution in [3.63, 3.8) is 0 Å². The normalized spacial score (nSPS) is 16.1. The smallest absolute Gasteiger partial charge is 0.339 e. The third kappa shape index (κ3) is 4.60. The Kier molecular flexibility index (Phi) is 6.55. The first-order chi connectivity index (χ1) is 13.8. The van der Waals surface area contributed by atoms with Gasteiger partial charge in [-0.2, -0.15) is 0 Å². The zero-order valence-electron chi connectivity index (χ0n) is 17.8. The van der Waals surface area contributed by atoms with Crippen LogP contribution in [0.3, 0.4) is 0 Å². The molecule has 1 heterocycles. The van der Waals surface area contributed by atoms with Gasteiger partial charge in [-0.15, -0.1) is 0 Å². The lowest BCUT2D eigenvalue weighted by Crippen LogP contribution is -2.66. The van der Waals surface area contributed by atoms with Crippen molar-refractivity contribution in [3.8, 4) is 0 Å². The first-order valence-electron chi connectivity index (χ1n) is 10.2. The molecule has 152 valence electrons. The quantitative estimate of drug-likeness (QED) is 0.379. The van der Waals surface area contributed by atoms with Crippen LogP contribution in [0.15, 0.2) is 84.1 Å². The molecular formula is C25H30O3Si. The summed E-state index contributed by atoms with van der Waals surface area (Å²) >= 11 is 0. The molecule has 1 aliphatic heterocycles. The minimum absolute atomic E-state index is 0.0188. The van der Waals surface area contributed by atoms with Crippen LogP contribution in [0, 0.1) is 0 Å². The van der Waals surface area contributed by atoms with Crippen LogP contribution in [0.1, 0.15) is 40.5 Å².